The highest BCUT2D eigenvalue weighted by Gasteiger charge is 2.12. The molecule has 0 saturated heterocycles. The van der Waals surface area contributed by atoms with E-state index in [1.54, 1.807) is 6.07 Å². The van der Waals surface area contributed by atoms with Crippen LogP contribution in [0.25, 0.3) is 0 Å². The fourth-order valence-electron chi connectivity index (χ4n) is 1.36. The van der Waals surface area contributed by atoms with Gasteiger partial charge in [-0.2, -0.15) is 9.97 Å². The molecule has 0 spiro atoms. The Morgan fingerprint density at radius 2 is 1.81 bits per heavy atom. The van der Waals surface area contributed by atoms with Crippen molar-refractivity contribution in [1.82, 2.24) is 15.0 Å². The lowest BCUT2D eigenvalue weighted by Gasteiger charge is -2.06. The van der Waals surface area contributed by atoms with Gasteiger partial charge >= 0.3 is 18.0 Å². The van der Waals surface area contributed by atoms with E-state index in [-0.39, 0.29) is 17.6 Å². The molecule has 2 aromatic rings. The topological polar surface area (TPSA) is 94.4 Å². The Kier molecular flexibility index (Phi) is 4.97. The van der Waals surface area contributed by atoms with E-state index in [0.29, 0.717) is 9.63 Å². The fourth-order valence-corrected chi connectivity index (χ4v) is 2.72. The van der Waals surface area contributed by atoms with Gasteiger partial charge in [-0.25, -0.2) is 4.79 Å². The van der Waals surface area contributed by atoms with Crippen molar-refractivity contribution in [2.75, 3.05) is 14.2 Å². The number of aromatic carboxylic acids is 1. The smallest absolute Gasteiger partial charge is 0.335 e. The van der Waals surface area contributed by atoms with Crippen molar-refractivity contribution < 1.29 is 19.4 Å². The first-order chi connectivity index (χ1) is 10.0. The zero-order chi connectivity index (χ0) is 15.4. The summed E-state index contributed by atoms with van der Waals surface area (Å²) in [5.74, 6) is -0.990. The Balaban J connectivity index is 2.31. The van der Waals surface area contributed by atoms with Crippen LogP contribution in [0, 0.1) is 0 Å². The number of hydrogen-bond acceptors (Lipinski definition) is 7. The molecule has 0 fully saturated rings. The highest BCUT2D eigenvalue weighted by Crippen LogP contribution is 2.33. The van der Waals surface area contributed by atoms with Crippen molar-refractivity contribution in [3.63, 3.8) is 0 Å². The molecule has 0 radical (unpaired) electrons. The molecule has 7 nitrogen and oxygen atoms in total. The number of carboxylic acids is 1. The van der Waals surface area contributed by atoms with E-state index in [0.717, 1.165) is 4.90 Å². The Labute approximate surface area is 132 Å². The first kappa shape index (κ1) is 15.5. The molecule has 1 aromatic carbocycles. The van der Waals surface area contributed by atoms with E-state index in [9.17, 15) is 4.79 Å². The first-order valence-electron chi connectivity index (χ1n) is 5.58. The molecule has 1 N–H and O–H groups in total. The summed E-state index contributed by atoms with van der Waals surface area (Å²) in [6.07, 6.45) is 0. The molecule has 0 bridgehead atoms. The minimum Gasteiger partial charge on any atom is -0.478 e. The number of nitrogens with zero attached hydrogens (tertiary/aromatic N) is 3. The third kappa shape index (κ3) is 3.82. The van der Waals surface area contributed by atoms with Crippen molar-refractivity contribution in [3.8, 4) is 12.0 Å². The minimum absolute atomic E-state index is 0.141. The molecule has 9 heteroatoms. The largest absolute Gasteiger partial charge is 0.478 e. The Hall–Kier alpha value is -1.87. The number of halogens is 1. The maximum absolute atomic E-state index is 10.9. The van der Waals surface area contributed by atoms with Crippen LogP contribution in [0.4, 0.5) is 0 Å². The van der Waals surface area contributed by atoms with Crippen LogP contribution in [-0.4, -0.2) is 40.2 Å². The number of aromatic nitrogens is 3. The zero-order valence-electron chi connectivity index (χ0n) is 11.0. The fraction of sp³-hybridized carbons (Fsp3) is 0.167. The second kappa shape index (κ2) is 6.72. The summed E-state index contributed by atoms with van der Waals surface area (Å²) in [5, 5.41) is 9.31. The maximum atomic E-state index is 10.9. The number of hydrogen-bond donors (Lipinski definition) is 1. The lowest BCUT2D eigenvalue weighted by Crippen LogP contribution is -2.00. The lowest BCUT2D eigenvalue weighted by molar-refractivity contribution is 0.0696. The Bertz CT molecular complexity index is 661. The van der Waals surface area contributed by atoms with Gasteiger partial charge in [0.2, 0.25) is 5.16 Å². The summed E-state index contributed by atoms with van der Waals surface area (Å²) in [7, 11) is 2.89. The molecule has 0 atom stereocenters. The molecular weight excluding hydrogens is 362 g/mol. The van der Waals surface area contributed by atoms with Crippen molar-refractivity contribution in [2.24, 2.45) is 0 Å². The summed E-state index contributed by atoms with van der Waals surface area (Å²) in [5.41, 5.74) is 0.192. The van der Waals surface area contributed by atoms with Crippen LogP contribution in [0.15, 0.2) is 32.7 Å². The number of carboxylic acid groups (broad SMARTS) is 1. The maximum Gasteiger partial charge on any atom is 0.335 e. The Morgan fingerprint density at radius 3 is 2.29 bits per heavy atom. The molecular formula is C12H10BrN3O4S. The molecule has 110 valence electrons. The molecule has 1 heterocycles. The van der Waals surface area contributed by atoms with Crippen LogP contribution in [-0.2, 0) is 0 Å². The molecule has 2 rings (SSSR count). The van der Waals surface area contributed by atoms with Gasteiger partial charge in [0.1, 0.15) is 0 Å². The van der Waals surface area contributed by atoms with Gasteiger partial charge in [0.05, 0.1) is 19.8 Å². The predicted molar refractivity (Wildman–Crippen MR) is 78.2 cm³/mol. The molecule has 0 saturated carbocycles. The second-order valence-corrected chi connectivity index (χ2v) is 5.51. The van der Waals surface area contributed by atoms with Gasteiger partial charge in [-0.05, 0) is 45.9 Å². The number of ether oxygens (including phenoxy) is 2. The van der Waals surface area contributed by atoms with Crippen molar-refractivity contribution in [3.05, 3.63) is 28.2 Å². The van der Waals surface area contributed by atoms with E-state index < -0.39 is 5.97 Å². The van der Waals surface area contributed by atoms with E-state index in [1.807, 2.05) is 0 Å². The predicted octanol–water partition coefficient (Wildman–Crippen LogP) is 2.50. The summed E-state index contributed by atoms with van der Waals surface area (Å²) in [6, 6.07) is 4.97. The van der Waals surface area contributed by atoms with Crippen molar-refractivity contribution in [1.29, 1.82) is 0 Å². The average Bonchev–Trinajstić information content (AvgIpc) is 2.48. The van der Waals surface area contributed by atoms with Gasteiger partial charge in [0, 0.05) is 9.37 Å². The van der Waals surface area contributed by atoms with Crippen LogP contribution >= 0.6 is 27.7 Å². The van der Waals surface area contributed by atoms with Crippen molar-refractivity contribution in [2.45, 2.75) is 10.1 Å². The minimum atomic E-state index is -0.990. The average molecular weight is 372 g/mol. The number of rotatable bonds is 5. The monoisotopic (exact) mass is 371 g/mol. The molecule has 0 unspecified atom stereocenters. The van der Waals surface area contributed by atoms with Gasteiger partial charge in [0.25, 0.3) is 0 Å². The van der Waals surface area contributed by atoms with E-state index in [2.05, 4.69) is 30.9 Å². The third-order valence-corrected chi connectivity index (χ3v) is 4.18. The summed E-state index contributed by atoms with van der Waals surface area (Å²) < 4.78 is 10.6. The molecule has 0 aliphatic heterocycles. The SMILES string of the molecule is COc1nc(OC)nc(Sc2ccc(C(=O)O)cc2Br)n1. The van der Waals surface area contributed by atoms with Crippen LogP contribution in [0.5, 0.6) is 12.0 Å². The van der Waals surface area contributed by atoms with Crippen LogP contribution in [0.2, 0.25) is 0 Å². The molecule has 0 aliphatic rings. The van der Waals surface area contributed by atoms with Crippen LogP contribution < -0.4 is 9.47 Å². The lowest BCUT2D eigenvalue weighted by atomic mass is 10.2. The van der Waals surface area contributed by atoms with Crippen molar-refractivity contribution >= 4 is 33.7 Å². The third-order valence-electron chi connectivity index (χ3n) is 2.32. The van der Waals surface area contributed by atoms with E-state index in [1.165, 1.54) is 38.1 Å². The number of benzene rings is 1. The van der Waals surface area contributed by atoms with Crippen LogP contribution in [0.1, 0.15) is 10.4 Å². The number of carbonyl (C=O) groups is 1. The second-order valence-electron chi connectivity index (χ2n) is 3.64. The highest BCUT2D eigenvalue weighted by molar-refractivity contribution is 9.10. The first-order valence-corrected chi connectivity index (χ1v) is 7.19. The summed E-state index contributed by atoms with van der Waals surface area (Å²) >= 11 is 4.56. The van der Waals surface area contributed by atoms with Gasteiger partial charge in [-0.3, -0.25) is 0 Å². The summed E-state index contributed by atoms with van der Waals surface area (Å²) in [4.78, 5) is 23.7. The highest BCUT2D eigenvalue weighted by atomic mass is 79.9. The molecule has 0 amide bonds. The van der Waals surface area contributed by atoms with Crippen LogP contribution in [0.3, 0.4) is 0 Å². The van der Waals surface area contributed by atoms with Gasteiger partial charge in [-0.15, -0.1) is 4.98 Å². The number of methoxy groups -OCH3 is 2. The quantitative estimate of drug-likeness (QED) is 0.856. The normalized spacial score (nSPS) is 10.2. The van der Waals surface area contributed by atoms with Gasteiger partial charge < -0.3 is 14.6 Å². The Morgan fingerprint density at radius 1 is 1.19 bits per heavy atom. The molecule has 1 aromatic heterocycles. The van der Waals surface area contributed by atoms with E-state index in [4.69, 9.17) is 14.6 Å². The van der Waals surface area contributed by atoms with Gasteiger partial charge in [-0.1, -0.05) is 0 Å². The van der Waals surface area contributed by atoms with Gasteiger partial charge in [0.15, 0.2) is 0 Å². The molecule has 0 aliphatic carbocycles. The zero-order valence-corrected chi connectivity index (χ0v) is 13.4. The molecule has 21 heavy (non-hydrogen) atoms. The summed E-state index contributed by atoms with van der Waals surface area (Å²) in [6.45, 7) is 0. The standard InChI is InChI=1S/C12H10BrN3O4S/c1-19-10-14-11(20-2)16-12(15-10)21-8-4-3-6(9(17)18)5-7(8)13/h3-5H,1-2H3,(H,17,18). The van der Waals surface area contributed by atoms with E-state index >= 15 is 0 Å².